The lowest BCUT2D eigenvalue weighted by Gasteiger charge is -2.33. The number of nitrogens with one attached hydrogen (secondary N) is 1. The second kappa shape index (κ2) is 11.4. The van der Waals surface area contributed by atoms with Crippen molar-refractivity contribution in [3.05, 3.63) is 75.7 Å². The molecule has 0 saturated heterocycles. The summed E-state index contributed by atoms with van der Waals surface area (Å²) in [6.07, 6.45) is 7.80. The quantitative estimate of drug-likeness (QED) is 0.465. The zero-order chi connectivity index (χ0) is 24.1. The van der Waals surface area contributed by atoms with Gasteiger partial charge in [0.25, 0.3) is 0 Å². The first kappa shape index (κ1) is 24.7. The van der Waals surface area contributed by atoms with E-state index < -0.39 is 23.6 Å². The van der Waals surface area contributed by atoms with Crippen molar-refractivity contribution >= 4 is 40.9 Å². The Bertz CT molecular complexity index is 1070. The number of anilines is 1. The average molecular weight is 505 g/mol. The van der Waals surface area contributed by atoms with Crippen molar-refractivity contribution in [3.63, 3.8) is 0 Å². The number of nitrogens with zero attached hydrogens (tertiary/aromatic N) is 1. The van der Waals surface area contributed by atoms with Crippen molar-refractivity contribution in [2.75, 3.05) is 10.7 Å². The Labute approximate surface area is 207 Å². The van der Waals surface area contributed by atoms with Gasteiger partial charge in [-0.3, -0.25) is 14.5 Å². The molecule has 1 aliphatic heterocycles. The molecule has 0 bridgehead atoms. The Balaban J connectivity index is 1.76. The minimum absolute atomic E-state index is 0.0228. The second-order valence-electron chi connectivity index (χ2n) is 8.68. The van der Waals surface area contributed by atoms with Crippen LogP contribution in [0, 0.1) is 11.6 Å². The molecule has 1 heterocycles. The molecule has 2 aliphatic rings. The zero-order valence-electron chi connectivity index (χ0n) is 18.7. The minimum atomic E-state index is -1.20. The number of rotatable bonds is 7. The van der Waals surface area contributed by atoms with Gasteiger partial charge in [0.1, 0.15) is 17.7 Å². The largest absolute Gasteiger partial charge is 0.351 e. The molecule has 2 aromatic carbocycles. The summed E-state index contributed by atoms with van der Waals surface area (Å²) >= 11 is 7.73. The molecule has 4 nitrogen and oxygen atoms in total. The number of carbonyl (C=O) groups excluding carboxylic acids is 2. The van der Waals surface area contributed by atoms with Crippen LogP contribution in [-0.4, -0.2) is 23.6 Å². The van der Waals surface area contributed by atoms with E-state index in [4.69, 9.17) is 11.6 Å². The van der Waals surface area contributed by atoms with Crippen molar-refractivity contribution < 1.29 is 18.4 Å². The summed E-state index contributed by atoms with van der Waals surface area (Å²) < 4.78 is 28.6. The van der Waals surface area contributed by atoms with Crippen LogP contribution in [-0.2, 0) is 9.59 Å². The molecular formula is C26H27ClF2N2O2S. The third-order valence-corrected chi connectivity index (χ3v) is 7.46. The highest BCUT2D eigenvalue weighted by Crippen LogP contribution is 2.35. The zero-order valence-corrected chi connectivity index (χ0v) is 20.3. The van der Waals surface area contributed by atoms with Gasteiger partial charge in [-0.05, 0) is 66.1 Å². The minimum Gasteiger partial charge on any atom is -0.351 e. The number of thioether (sulfide) groups is 1. The Morgan fingerprint density at radius 2 is 1.88 bits per heavy atom. The van der Waals surface area contributed by atoms with Gasteiger partial charge in [-0.15, -0.1) is 11.8 Å². The molecule has 0 radical (unpaired) electrons. The maximum atomic E-state index is 14.4. The smallest absolute Gasteiger partial charge is 0.248 e. The fourth-order valence-corrected chi connectivity index (χ4v) is 5.76. The van der Waals surface area contributed by atoms with Crippen molar-refractivity contribution in [2.24, 2.45) is 0 Å². The van der Waals surface area contributed by atoms with Crippen LogP contribution in [0.2, 0.25) is 5.02 Å². The maximum Gasteiger partial charge on any atom is 0.248 e. The first-order chi connectivity index (χ1) is 16.4. The molecule has 1 aliphatic carbocycles. The molecule has 4 rings (SSSR count). The number of allylic oxidation sites excluding steroid dienone is 1. The Morgan fingerprint density at radius 3 is 2.56 bits per heavy atom. The highest BCUT2D eigenvalue weighted by Gasteiger charge is 2.35. The number of benzene rings is 2. The third kappa shape index (κ3) is 6.19. The predicted molar refractivity (Wildman–Crippen MR) is 133 cm³/mol. The lowest BCUT2D eigenvalue weighted by atomic mass is 9.94. The van der Waals surface area contributed by atoms with E-state index >= 15 is 0 Å². The van der Waals surface area contributed by atoms with Crippen molar-refractivity contribution in [1.82, 2.24) is 5.32 Å². The van der Waals surface area contributed by atoms with Gasteiger partial charge in [0.05, 0.1) is 6.42 Å². The van der Waals surface area contributed by atoms with E-state index in [0.29, 0.717) is 0 Å². The average Bonchev–Trinajstić information content (AvgIpc) is 3.30. The number of carbonyl (C=O) groups is 2. The second-order valence-corrected chi connectivity index (χ2v) is 10.3. The van der Waals surface area contributed by atoms with Gasteiger partial charge in [-0.25, -0.2) is 8.78 Å². The van der Waals surface area contributed by atoms with E-state index in [9.17, 15) is 18.4 Å². The lowest BCUT2D eigenvalue weighted by Crippen LogP contribution is -2.47. The molecule has 1 fully saturated rings. The van der Waals surface area contributed by atoms with E-state index in [1.807, 2.05) is 6.08 Å². The van der Waals surface area contributed by atoms with Crippen LogP contribution in [0.1, 0.15) is 56.6 Å². The maximum absolute atomic E-state index is 14.4. The first-order valence-corrected chi connectivity index (χ1v) is 12.9. The van der Waals surface area contributed by atoms with Crippen molar-refractivity contribution in [3.8, 4) is 0 Å². The van der Waals surface area contributed by atoms with Crippen LogP contribution in [0.4, 0.5) is 14.5 Å². The lowest BCUT2D eigenvalue weighted by molar-refractivity contribution is -0.127. The Kier molecular flexibility index (Phi) is 8.27. The van der Waals surface area contributed by atoms with Gasteiger partial charge < -0.3 is 5.32 Å². The Hall–Kier alpha value is -2.38. The summed E-state index contributed by atoms with van der Waals surface area (Å²) in [6, 6.07) is 8.19. The molecule has 2 aromatic rings. The number of hydrogen-bond donors (Lipinski definition) is 1. The normalized spacial score (nSPS) is 17.2. The summed E-state index contributed by atoms with van der Waals surface area (Å²) in [7, 11) is 0. The molecule has 1 saturated carbocycles. The SMILES string of the molecule is O=C(NC1CCCCC1)C(c1cc(F)cc(Cl)c1)N(C(=O)CC1=CCCS1)c1cccc(F)c1. The molecule has 8 heteroatoms. The van der Waals surface area contributed by atoms with Crippen LogP contribution in [0.15, 0.2) is 53.4 Å². The molecule has 34 heavy (non-hydrogen) atoms. The summed E-state index contributed by atoms with van der Waals surface area (Å²) in [5.74, 6) is -1.05. The molecule has 0 spiro atoms. The molecular weight excluding hydrogens is 478 g/mol. The predicted octanol–water partition coefficient (Wildman–Crippen LogP) is 6.55. The van der Waals surface area contributed by atoms with Gasteiger partial charge in [-0.2, -0.15) is 0 Å². The molecule has 180 valence electrons. The number of hydrogen-bond acceptors (Lipinski definition) is 3. The van der Waals surface area contributed by atoms with Crippen LogP contribution in [0.3, 0.4) is 0 Å². The standard InChI is InChI=1S/C26H27ClF2N2O2S/c27-18-12-17(13-20(29)14-18)25(26(33)30-21-7-2-1-3-8-21)31(22-9-4-6-19(28)15-22)24(32)16-23-10-5-11-34-23/h4,6,9-10,12-15,21,25H,1-3,5,7-8,11,16H2,(H,30,33). The third-order valence-electron chi connectivity index (χ3n) is 6.12. The van der Waals surface area contributed by atoms with Crippen molar-refractivity contribution in [2.45, 2.75) is 57.0 Å². The van der Waals surface area contributed by atoms with Crippen LogP contribution >= 0.6 is 23.4 Å². The number of halogens is 3. The fourth-order valence-electron chi connectivity index (χ4n) is 4.57. The van der Waals surface area contributed by atoms with Crippen LogP contribution < -0.4 is 10.2 Å². The summed E-state index contributed by atoms with van der Waals surface area (Å²) in [5, 5.41) is 3.17. The van der Waals surface area contributed by atoms with Crippen LogP contribution in [0.5, 0.6) is 0 Å². The first-order valence-electron chi connectivity index (χ1n) is 11.6. The molecule has 2 amide bonds. The topological polar surface area (TPSA) is 49.4 Å². The summed E-state index contributed by atoms with van der Waals surface area (Å²) in [5.41, 5.74) is 0.474. The molecule has 1 atom stereocenters. The van der Waals surface area contributed by atoms with Gasteiger partial charge in [0, 0.05) is 22.5 Å². The van der Waals surface area contributed by atoms with E-state index in [-0.39, 0.29) is 34.6 Å². The van der Waals surface area contributed by atoms with E-state index in [1.165, 1.54) is 35.2 Å². The number of amides is 2. The fraction of sp³-hybridized carbons (Fsp3) is 0.385. The van der Waals surface area contributed by atoms with Crippen LogP contribution in [0.25, 0.3) is 0 Å². The molecule has 0 aromatic heterocycles. The summed E-state index contributed by atoms with van der Waals surface area (Å²) in [4.78, 5) is 29.5. The molecule has 1 N–H and O–H groups in total. The molecule has 1 unspecified atom stereocenters. The van der Waals surface area contributed by atoms with Gasteiger partial charge in [0.2, 0.25) is 11.8 Å². The van der Waals surface area contributed by atoms with Gasteiger partial charge >= 0.3 is 0 Å². The van der Waals surface area contributed by atoms with Crippen molar-refractivity contribution in [1.29, 1.82) is 0 Å². The van der Waals surface area contributed by atoms with Gasteiger partial charge in [-0.1, -0.05) is 43.0 Å². The summed E-state index contributed by atoms with van der Waals surface area (Å²) in [6.45, 7) is 0. The Morgan fingerprint density at radius 1 is 1.09 bits per heavy atom. The van der Waals surface area contributed by atoms with Gasteiger partial charge in [0.15, 0.2) is 0 Å². The van der Waals surface area contributed by atoms with E-state index in [0.717, 1.165) is 55.2 Å². The highest BCUT2D eigenvalue weighted by molar-refractivity contribution is 8.03. The highest BCUT2D eigenvalue weighted by atomic mass is 35.5. The van der Waals surface area contributed by atoms with E-state index in [2.05, 4.69) is 5.32 Å². The monoisotopic (exact) mass is 504 g/mol. The van der Waals surface area contributed by atoms with E-state index in [1.54, 1.807) is 17.8 Å².